The minimum absolute atomic E-state index is 0.188. The molecule has 5 nitrogen and oxygen atoms in total. The van der Waals surface area contributed by atoms with Crippen molar-refractivity contribution in [2.24, 2.45) is 0 Å². The standard InChI is InChI=1S/C13H19NO.C13H21N.C11H14O2/c1-10-5-6-12(9-11(10)2)7-8-13(15)14(3)4;1-11-7-8-13(10-12(11)2)6-5-9-14(3)4;1-8-3-4-10(7-9(8)2)5-6-11(12)13/h5-6,9H,7-8H2,1-4H3;7-8,10H,5-6,9H2,1-4H3;3-4,7H,5-6H2,1-2H3,(H,12,13). The third kappa shape index (κ3) is 15.0. The topological polar surface area (TPSA) is 60.9 Å². The van der Waals surface area contributed by atoms with E-state index in [9.17, 15) is 9.59 Å². The Labute approximate surface area is 255 Å². The van der Waals surface area contributed by atoms with Gasteiger partial charge in [-0.25, -0.2) is 0 Å². The molecule has 3 rings (SSSR count). The van der Waals surface area contributed by atoms with Crippen LogP contribution in [-0.4, -0.2) is 61.5 Å². The number of hydrogen-bond acceptors (Lipinski definition) is 3. The second-order valence-electron chi connectivity index (χ2n) is 11.8. The lowest BCUT2D eigenvalue weighted by atomic mass is 10.0. The maximum absolute atomic E-state index is 11.4. The Bertz CT molecular complexity index is 1280. The lowest BCUT2D eigenvalue weighted by Gasteiger charge is -2.10. The molecule has 0 atom stereocenters. The molecule has 0 saturated carbocycles. The van der Waals surface area contributed by atoms with Crippen molar-refractivity contribution in [1.29, 1.82) is 0 Å². The van der Waals surface area contributed by atoms with Gasteiger partial charge >= 0.3 is 5.97 Å². The Balaban J connectivity index is 0.000000316. The average Bonchev–Trinajstić information content (AvgIpc) is 2.92. The van der Waals surface area contributed by atoms with Crippen molar-refractivity contribution in [2.75, 3.05) is 34.7 Å². The van der Waals surface area contributed by atoms with E-state index < -0.39 is 5.97 Å². The first-order valence-electron chi connectivity index (χ1n) is 14.9. The van der Waals surface area contributed by atoms with Crippen LogP contribution in [0.3, 0.4) is 0 Å². The first-order valence-corrected chi connectivity index (χ1v) is 14.9. The quantitative estimate of drug-likeness (QED) is 0.273. The number of aryl methyl sites for hydroxylation is 9. The summed E-state index contributed by atoms with van der Waals surface area (Å²) in [5, 5.41) is 8.50. The Morgan fingerprint density at radius 2 is 0.952 bits per heavy atom. The summed E-state index contributed by atoms with van der Waals surface area (Å²) in [7, 11) is 7.84. The number of nitrogens with zero attached hydrogens (tertiary/aromatic N) is 2. The van der Waals surface area contributed by atoms with E-state index in [-0.39, 0.29) is 12.3 Å². The van der Waals surface area contributed by atoms with Gasteiger partial charge in [-0.05, 0) is 138 Å². The van der Waals surface area contributed by atoms with E-state index >= 15 is 0 Å². The monoisotopic (exact) mass is 574 g/mol. The normalized spacial score (nSPS) is 10.4. The minimum atomic E-state index is -0.738. The predicted octanol–water partition coefficient (Wildman–Crippen LogP) is 7.44. The summed E-state index contributed by atoms with van der Waals surface area (Å²) in [6.45, 7) is 13.8. The summed E-state index contributed by atoms with van der Waals surface area (Å²) in [5.41, 5.74) is 11.7. The van der Waals surface area contributed by atoms with Crippen molar-refractivity contribution >= 4 is 11.9 Å². The van der Waals surface area contributed by atoms with Gasteiger partial charge in [0.25, 0.3) is 0 Å². The molecular weight excluding hydrogens is 520 g/mol. The molecule has 0 aromatic heterocycles. The number of amides is 1. The van der Waals surface area contributed by atoms with E-state index in [4.69, 9.17) is 5.11 Å². The summed E-state index contributed by atoms with van der Waals surface area (Å²) in [5.74, 6) is -0.550. The zero-order valence-corrected chi connectivity index (χ0v) is 27.8. The van der Waals surface area contributed by atoms with Crippen LogP contribution in [0.15, 0.2) is 54.6 Å². The Kier molecular flexibility index (Phi) is 16.5. The number of hydrogen-bond donors (Lipinski definition) is 1. The molecule has 0 bridgehead atoms. The van der Waals surface area contributed by atoms with Gasteiger partial charge in [0.2, 0.25) is 5.91 Å². The zero-order chi connectivity index (χ0) is 31.8. The van der Waals surface area contributed by atoms with Crippen molar-refractivity contribution < 1.29 is 14.7 Å². The molecular formula is C37H54N2O3. The predicted molar refractivity (Wildman–Crippen MR) is 178 cm³/mol. The van der Waals surface area contributed by atoms with E-state index in [0.29, 0.717) is 12.8 Å². The van der Waals surface area contributed by atoms with Gasteiger partial charge in [0, 0.05) is 26.9 Å². The van der Waals surface area contributed by atoms with Crippen LogP contribution in [0.1, 0.15) is 69.3 Å². The van der Waals surface area contributed by atoms with Crippen molar-refractivity contribution in [2.45, 2.75) is 80.1 Å². The molecule has 0 fully saturated rings. The van der Waals surface area contributed by atoms with Crippen LogP contribution in [0.25, 0.3) is 0 Å². The fraction of sp³-hybridized carbons (Fsp3) is 0.459. The van der Waals surface area contributed by atoms with Crippen LogP contribution < -0.4 is 0 Å². The van der Waals surface area contributed by atoms with E-state index in [2.05, 4.69) is 96.1 Å². The lowest BCUT2D eigenvalue weighted by Crippen LogP contribution is -2.21. The highest BCUT2D eigenvalue weighted by Crippen LogP contribution is 2.13. The first kappa shape index (κ1) is 36.6. The number of benzene rings is 3. The Hall–Kier alpha value is -3.44. The molecule has 0 aliphatic rings. The largest absolute Gasteiger partial charge is 0.481 e. The van der Waals surface area contributed by atoms with Gasteiger partial charge < -0.3 is 14.9 Å². The SMILES string of the molecule is Cc1ccc(CCC(=O)N(C)C)cc1C.Cc1ccc(CCC(=O)O)cc1C.Cc1ccc(CCCN(C)C)cc1C. The maximum Gasteiger partial charge on any atom is 0.303 e. The van der Waals surface area contributed by atoms with Gasteiger partial charge in [-0.15, -0.1) is 0 Å². The molecule has 1 N–H and O–H groups in total. The molecule has 0 radical (unpaired) electrons. The van der Waals surface area contributed by atoms with Crippen molar-refractivity contribution in [3.8, 4) is 0 Å². The maximum atomic E-state index is 11.4. The third-order valence-electron chi connectivity index (χ3n) is 7.54. The Morgan fingerprint density at radius 1 is 0.571 bits per heavy atom. The second kappa shape index (κ2) is 18.9. The van der Waals surface area contributed by atoms with Gasteiger partial charge in [0.15, 0.2) is 0 Å². The molecule has 0 aliphatic carbocycles. The fourth-order valence-corrected chi connectivity index (χ4v) is 4.20. The average molecular weight is 575 g/mol. The number of carbonyl (C=O) groups excluding carboxylic acids is 1. The molecule has 1 amide bonds. The summed E-state index contributed by atoms with van der Waals surface area (Å²) in [4.78, 5) is 25.6. The summed E-state index contributed by atoms with van der Waals surface area (Å²) < 4.78 is 0. The number of aliphatic carboxylic acids is 1. The van der Waals surface area contributed by atoms with Gasteiger partial charge in [-0.3, -0.25) is 9.59 Å². The van der Waals surface area contributed by atoms with Crippen LogP contribution in [-0.2, 0) is 28.9 Å². The molecule has 0 heterocycles. The third-order valence-corrected chi connectivity index (χ3v) is 7.54. The molecule has 0 aliphatic heterocycles. The fourth-order valence-electron chi connectivity index (χ4n) is 4.20. The van der Waals surface area contributed by atoms with Gasteiger partial charge in [0.05, 0.1) is 0 Å². The van der Waals surface area contributed by atoms with E-state index in [1.54, 1.807) is 19.0 Å². The minimum Gasteiger partial charge on any atom is -0.481 e. The van der Waals surface area contributed by atoms with Crippen LogP contribution in [0.2, 0.25) is 0 Å². The van der Waals surface area contributed by atoms with E-state index in [0.717, 1.165) is 12.0 Å². The van der Waals surface area contributed by atoms with Crippen LogP contribution >= 0.6 is 0 Å². The molecule has 0 unspecified atom stereocenters. The molecule has 0 saturated heterocycles. The number of carbonyl (C=O) groups is 2. The van der Waals surface area contributed by atoms with Gasteiger partial charge in [-0.1, -0.05) is 54.6 Å². The van der Waals surface area contributed by atoms with E-state index in [1.165, 1.54) is 63.9 Å². The zero-order valence-electron chi connectivity index (χ0n) is 27.8. The molecule has 3 aromatic carbocycles. The molecule has 42 heavy (non-hydrogen) atoms. The summed E-state index contributed by atoms with van der Waals surface area (Å²) in [6.07, 6.45) is 4.70. The number of rotatable bonds is 10. The van der Waals surface area contributed by atoms with Gasteiger partial charge in [0.1, 0.15) is 0 Å². The Morgan fingerprint density at radius 3 is 1.29 bits per heavy atom. The smallest absolute Gasteiger partial charge is 0.303 e. The highest BCUT2D eigenvalue weighted by Gasteiger charge is 2.05. The first-order chi connectivity index (χ1) is 19.7. The van der Waals surface area contributed by atoms with Crippen molar-refractivity contribution in [1.82, 2.24) is 9.80 Å². The molecule has 230 valence electrons. The summed E-state index contributed by atoms with van der Waals surface area (Å²) in [6, 6.07) is 19.2. The lowest BCUT2D eigenvalue weighted by molar-refractivity contribution is -0.137. The second-order valence-corrected chi connectivity index (χ2v) is 11.8. The highest BCUT2D eigenvalue weighted by molar-refractivity contribution is 5.75. The van der Waals surface area contributed by atoms with Crippen LogP contribution in [0.4, 0.5) is 0 Å². The van der Waals surface area contributed by atoms with Crippen molar-refractivity contribution in [3.05, 3.63) is 105 Å². The molecule has 5 heteroatoms. The molecule has 0 spiro atoms. The number of carboxylic acids is 1. The van der Waals surface area contributed by atoms with E-state index in [1.807, 2.05) is 19.1 Å². The van der Waals surface area contributed by atoms with Gasteiger partial charge in [-0.2, -0.15) is 0 Å². The number of carboxylic acid groups (broad SMARTS) is 1. The van der Waals surface area contributed by atoms with Crippen molar-refractivity contribution in [3.63, 3.8) is 0 Å². The molecule has 3 aromatic rings. The van der Waals surface area contributed by atoms with Crippen LogP contribution in [0.5, 0.6) is 0 Å². The van der Waals surface area contributed by atoms with Crippen LogP contribution in [0, 0.1) is 41.5 Å². The highest BCUT2D eigenvalue weighted by atomic mass is 16.4. The summed E-state index contributed by atoms with van der Waals surface area (Å²) >= 11 is 0.